The number of pyridine rings is 1. The van der Waals surface area contributed by atoms with Crippen molar-refractivity contribution in [1.29, 1.82) is 0 Å². The number of methoxy groups -OCH3 is 2. The van der Waals surface area contributed by atoms with Gasteiger partial charge in [0.15, 0.2) is 11.9 Å². The minimum Gasteiger partial charge on any atom is -0.481 e. The quantitative estimate of drug-likeness (QED) is 0.181. The van der Waals surface area contributed by atoms with Crippen LogP contribution in [0.1, 0.15) is 67.7 Å². The number of anilines is 2. The van der Waals surface area contributed by atoms with Crippen LogP contribution in [0.25, 0.3) is 0 Å². The van der Waals surface area contributed by atoms with Gasteiger partial charge in [-0.25, -0.2) is 24.5 Å². The molecule has 0 bridgehead atoms. The number of rotatable bonds is 10. The van der Waals surface area contributed by atoms with Crippen molar-refractivity contribution in [3.8, 4) is 11.6 Å². The predicted octanol–water partition coefficient (Wildman–Crippen LogP) is 6.75. The van der Waals surface area contributed by atoms with Crippen LogP contribution in [0.2, 0.25) is 0 Å². The lowest BCUT2D eigenvalue weighted by Gasteiger charge is -2.39. The number of carbonyl (C=O) groups excluding carboxylic acids is 2. The van der Waals surface area contributed by atoms with Gasteiger partial charge >= 0.3 is 24.4 Å². The van der Waals surface area contributed by atoms with Crippen LogP contribution < -0.4 is 19.7 Å². The average molecular weight is 686 g/mol. The van der Waals surface area contributed by atoms with Crippen LogP contribution in [-0.4, -0.2) is 60.0 Å². The molecule has 0 radical (unpaired) electrons. The number of fused-ring (bicyclic) bond motifs is 1. The molecule has 3 aromatic rings. The molecule has 260 valence electrons. The summed E-state index contributed by atoms with van der Waals surface area (Å²) in [7, 11) is 2.53. The number of aromatic nitrogens is 3. The number of alkyl halides is 6. The minimum absolute atomic E-state index is 0.0265. The monoisotopic (exact) mass is 685 g/mol. The zero-order chi connectivity index (χ0) is 35.4. The van der Waals surface area contributed by atoms with E-state index in [9.17, 15) is 35.9 Å². The Kier molecular flexibility index (Phi) is 10.9. The van der Waals surface area contributed by atoms with E-state index in [1.54, 1.807) is 19.1 Å². The summed E-state index contributed by atoms with van der Waals surface area (Å²) in [4.78, 5) is 39.7. The smallest absolute Gasteiger partial charge is 0.416 e. The van der Waals surface area contributed by atoms with Gasteiger partial charge in [0.2, 0.25) is 11.8 Å². The van der Waals surface area contributed by atoms with Crippen LogP contribution in [0.15, 0.2) is 36.5 Å². The first-order valence-corrected chi connectivity index (χ1v) is 14.8. The largest absolute Gasteiger partial charge is 0.481 e. The predicted molar refractivity (Wildman–Crippen MR) is 159 cm³/mol. The van der Waals surface area contributed by atoms with Crippen molar-refractivity contribution in [3.05, 3.63) is 64.6 Å². The molecule has 0 spiro atoms. The summed E-state index contributed by atoms with van der Waals surface area (Å²) < 4.78 is 103. The molecule has 2 aromatic heterocycles. The van der Waals surface area contributed by atoms with E-state index in [1.807, 2.05) is 6.92 Å². The molecule has 0 saturated heterocycles. The van der Waals surface area contributed by atoms with Gasteiger partial charge in [0.25, 0.3) is 0 Å². The lowest BCUT2D eigenvalue weighted by molar-refractivity contribution is -0.148. The van der Waals surface area contributed by atoms with Gasteiger partial charge in [-0.2, -0.15) is 26.3 Å². The lowest BCUT2D eigenvalue weighted by atomic mass is 9.93. The normalized spacial score (nSPS) is 16.9. The summed E-state index contributed by atoms with van der Waals surface area (Å²) in [5, 5.41) is 3.13. The Labute approximate surface area is 271 Å². The van der Waals surface area contributed by atoms with Crippen molar-refractivity contribution in [2.45, 2.75) is 70.6 Å². The molecule has 0 aliphatic carbocycles. The van der Waals surface area contributed by atoms with Gasteiger partial charge in [-0.15, -0.1) is 0 Å². The maximum absolute atomic E-state index is 13.6. The lowest BCUT2D eigenvalue weighted by Crippen LogP contribution is -2.46. The van der Waals surface area contributed by atoms with Gasteiger partial charge in [0.1, 0.15) is 0 Å². The third kappa shape index (κ3) is 8.17. The summed E-state index contributed by atoms with van der Waals surface area (Å²) in [5.41, 5.74) is -2.68. The Balaban J connectivity index is 1.79. The molecular weight excluding hydrogens is 652 g/mol. The molecule has 3 atom stereocenters. The van der Waals surface area contributed by atoms with E-state index in [1.165, 1.54) is 18.9 Å². The highest BCUT2D eigenvalue weighted by atomic mass is 19.4. The first-order chi connectivity index (χ1) is 22.6. The fourth-order valence-corrected chi connectivity index (χ4v) is 5.20. The molecule has 3 heterocycles. The Bertz CT molecular complexity index is 1600. The van der Waals surface area contributed by atoms with Crippen LogP contribution in [0.5, 0.6) is 11.6 Å². The van der Waals surface area contributed by atoms with Crippen LogP contribution in [0, 0.1) is 0 Å². The van der Waals surface area contributed by atoms with Crippen LogP contribution in [0.4, 0.5) is 42.8 Å². The van der Waals surface area contributed by atoms with E-state index in [-0.39, 0.29) is 47.6 Å². The second-order valence-electron chi connectivity index (χ2n) is 10.7. The third-order valence-corrected chi connectivity index (χ3v) is 7.47. The van der Waals surface area contributed by atoms with Gasteiger partial charge in [-0.05, 0) is 56.5 Å². The molecule has 1 aliphatic rings. The second-order valence-corrected chi connectivity index (χ2v) is 10.7. The van der Waals surface area contributed by atoms with Crippen molar-refractivity contribution < 1.29 is 54.9 Å². The fourth-order valence-electron chi connectivity index (χ4n) is 5.20. The number of carbonyl (C=O) groups is 2. The van der Waals surface area contributed by atoms with Gasteiger partial charge in [0, 0.05) is 18.5 Å². The highest BCUT2D eigenvalue weighted by Crippen LogP contribution is 2.41. The van der Waals surface area contributed by atoms with Gasteiger partial charge in [0.05, 0.1) is 61.3 Å². The summed E-state index contributed by atoms with van der Waals surface area (Å²) in [5.74, 6) is -0.803. The number of ether oxygens (including phenoxy) is 4. The van der Waals surface area contributed by atoms with Crippen molar-refractivity contribution in [3.63, 3.8) is 0 Å². The molecule has 11 nitrogen and oxygen atoms in total. The highest BCUT2D eigenvalue weighted by Gasteiger charge is 2.39. The van der Waals surface area contributed by atoms with E-state index < -0.39 is 54.1 Å². The number of amides is 1. The van der Waals surface area contributed by atoms with E-state index in [4.69, 9.17) is 14.2 Å². The number of nitrogens with one attached hydrogen (secondary N) is 1. The molecule has 0 fully saturated rings. The van der Waals surface area contributed by atoms with Gasteiger partial charge < -0.3 is 24.3 Å². The topological polar surface area (TPSA) is 125 Å². The minimum atomic E-state index is -5.07. The molecule has 3 unspecified atom stereocenters. The third-order valence-electron chi connectivity index (χ3n) is 7.47. The maximum Gasteiger partial charge on any atom is 0.416 e. The molecule has 1 amide bonds. The number of halogens is 6. The molecule has 0 saturated carbocycles. The van der Waals surface area contributed by atoms with Crippen molar-refractivity contribution in [2.75, 3.05) is 31.0 Å². The van der Waals surface area contributed by atoms with Crippen molar-refractivity contribution >= 4 is 23.7 Å². The number of hydrogen-bond acceptors (Lipinski definition) is 10. The zero-order valence-electron chi connectivity index (χ0n) is 26.5. The average Bonchev–Trinajstić information content (AvgIpc) is 3.04. The number of esters is 1. The SMILES string of the molecule is CCOC(=O)N1c2ccc(OC)nc2C(Nc2ncc(OC(C)C(=O)OC)c(Cc3cc(C(F)(F)F)cc(C(F)(F)F)c3)n2)CC1CC. The Morgan fingerprint density at radius 1 is 1.02 bits per heavy atom. The van der Waals surface area contributed by atoms with E-state index in [0.29, 0.717) is 36.4 Å². The molecule has 17 heteroatoms. The van der Waals surface area contributed by atoms with E-state index in [0.717, 1.165) is 13.3 Å². The maximum atomic E-state index is 13.6. The number of hydrogen-bond donors (Lipinski definition) is 1. The van der Waals surface area contributed by atoms with Gasteiger partial charge in [-0.1, -0.05) is 6.92 Å². The summed E-state index contributed by atoms with van der Waals surface area (Å²) in [6, 6.07) is 3.43. The summed E-state index contributed by atoms with van der Waals surface area (Å²) >= 11 is 0. The van der Waals surface area contributed by atoms with Crippen molar-refractivity contribution in [2.24, 2.45) is 0 Å². The van der Waals surface area contributed by atoms with Crippen LogP contribution >= 0.6 is 0 Å². The Hall–Kier alpha value is -4.83. The first-order valence-electron chi connectivity index (χ1n) is 14.8. The highest BCUT2D eigenvalue weighted by molar-refractivity contribution is 5.90. The second kappa shape index (κ2) is 14.5. The molecule has 4 rings (SSSR count). The Morgan fingerprint density at radius 2 is 1.69 bits per heavy atom. The summed E-state index contributed by atoms with van der Waals surface area (Å²) in [6.45, 7) is 5.04. The molecule has 1 aromatic carbocycles. The van der Waals surface area contributed by atoms with Crippen LogP contribution in [0.3, 0.4) is 0 Å². The standard InChI is InChI=1S/C31H33F6N5O6/c1-6-20-14-22(26-23(8-9-25(41-26)45-4)42(20)29(44)47-7-2)40-28-38-15-24(48-16(3)27(43)46-5)21(39-28)12-17-10-18(30(32,33)34)13-19(11-17)31(35,36)37/h8-11,13,15-16,20,22H,6-7,12,14H2,1-5H3,(H,38,39,40). The number of nitrogens with zero attached hydrogens (tertiary/aromatic N) is 4. The van der Waals surface area contributed by atoms with Gasteiger partial charge in [-0.3, -0.25) is 4.90 Å². The fraction of sp³-hybridized carbons (Fsp3) is 0.452. The summed E-state index contributed by atoms with van der Waals surface area (Å²) in [6.07, 6.45) is -10.5. The molecular formula is C31H33F6N5O6. The van der Waals surface area contributed by atoms with Crippen LogP contribution in [-0.2, 0) is 33.0 Å². The number of benzene rings is 1. The molecule has 1 N–H and O–H groups in total. The Morgan fingerprint density at radius 3 is 2.25 bits per heavy atom. The first kappa shape index (κ1) is 36.0. The zero-order valence-corrected chi connectivity index (χ0v) is 26.5. The van der Waals surface area contributed by atoms with Crippen molar-refractivity contribution in [1.82, 2.24) is 15.0 Å². The molecule has 1 aliphatic heterocycles. The molecule has 48 heavy (non-hydrogen) atoms. The van der Waals surface area contributed by atoms with E-state index >= 15 is 0 Å². The van der Waals surface area contributed by atoms with E-state index in [2.05, 4.69) is 25.0 Å².